The number of aromatic nitrogens is 2. The lowest BCUT2D eigenvalue weighted by Gasteiger charge is -2.06. The zero-order valence-corrected chi connectivity index (χ0v) is 14.2. The second kappa shape index (κ2) is 6.80. The number of H-pyrrole nitrogens is 1. The molecule has 0 saturated carbocycles. The summed E-state index contributed by atoms with van der Waals surface area (Å²) in [4.78, 5) is 31.2. The van der Waals surface area contributed by atoms with E-state index >= 15 is 0 Å². The van der Waals surface area contributed by atoms with Crippen molar-refractivity contribution in [2.75, 3.05) is 5.32 Å². The molecule has 134 valence electrons. The number of benzene rings is 2. The monoisotopic (exact) mass is 360 g/mol. The zero-order chi connectivity index (χ0) is 18.8. The number of aliphatic imine (C=N–C) groups is 1. The number of fused-ring (bicyclic) bond motifs is 1. The first-order valence-electron chi connectivity index (χ1n) is 8.33. The molecule has 0 aliphatic carbocycles. The fourth-order valence-corrected chi connectivity index (χ4v) is 2.90. The molecule has 2 heterocycles. The smallest absolute Gasteiger partial charge is 0.329 e. The number of aromatic amines is 1. The molecule has 3 aromatic rings. The lowest BCUT2D eigenvalue weighted by molar-refractivity contribution is -0.116. The maximum atomic E-state index is 12.2. The molecule has 0 atom stereocenters. The SMILES string of the molecule is O=C(Cn1c(O)c(/C=C2\C=Nc3ccccc32)[nH]c1=O)Nc1ccccc1. The van der Waals surface area contributed by atoms with Gasteiger partial charge in [-0.2, -0.15) is 0 Å². The highest BCUT2D eigenvalue weighted by Crippen LogP contribution is 2.32. The number of imidazole rings is 1. The summed E-state index contributed by atoms with van der Waals surface area (Å²) in [5.74, 6) is -0.710. The predicted octanol–water partition coefficient (Wildman–Crippen LogP) is 2.78. The van der Waals surface area contributed by atoms with Gasteiger partial charge < -0.3 is 15.4 Å². The Morgan fingerprint density at radius 2 is 1.89 bits per heavy atom. The Hall–Kier alpha value is -3.87. The van der Waals surface area contributed by atoms with Crippen molar-refractivity contribution in [3.05, 3.63) is 76.3 Å². The van der Waals surface area contributed by atoms with Crippen LogP contribution in [0.5, 0.6) is 5.88 Å². The van der Waals surface area contributed by atoms with E-state index in [1.165, 1.54) is 0 Å². The van der Waals surface area contributed by atoms with Crippen molar-refractivity contribution in [2.24, 2.45) is 4.99 Å². The number of nitrogens with one attached hydrogen (secondary N) is 2. The maximum absolute atomic E-state index is 12.2. The Morgan fingerprint density at radius 3 is 2.70 bits per heavy atom. The predicted molar refractivity (Wildman–Crippen MR) is 104 cm³/mol. The average molecular weight is 360 g/mol. The first-order valence-corrected chi connectivity index (χ1v) is 8.33. The molecule has 1 amide bonds. The lowest BCUT2D eigenvalue weighted by Crippen LogP contribution is -2.25. The molecule has 0 fully saturated rings. The van der Waals surface area contributed by atoms with Crippen LogP contribution in [0.4, 0.5) is 11.4 Å². The number of rotatable bonds is 4. The van der Waals surface area contributed by atoms with Gasteiger partial charge in [-0.15, -0.1) is 0 Å². The van der Waals surface area contributed by atoms with Gasteiger partial charge in [0.1, 0.15) is 12.2 Å². The summed E-state index contributed by atoms with van der Waals surface area (Å²) >= 11 is 0. The van der Waals surface area contributed by atoms with Gasteiger partial charge >= 0.3 is 5.69 Å². The van der Waals surface area contributed by atoms with Crippen molar-refractivity contribution < 1.29 is 9.90 Å². The largest absolute Gasteiger partial charge is 0.493 e. The van der Waals surface area contributed by atoms with Crippen molar-refractivity contribution in [3.63, 3.8) is 0 Å². The van der Waals surface area contributed by atoms with Crippen LogP contribution >= 0.6 is 0 Å². The van der Waals surface area contributed by atoms with Crippen LogP contribution in [-0.4, -0.2) is 26.8 Å². The lowest BCUT2D eigenvalue weighted by atomic mass is 10.1. The molecule has 7 nitrogen and oxygen atoms in total. The van der Waals surface area contributed by atoms with Gasteiger partial charge in [-0.1, -0.05) is 36.4 Å². The Balaban J connectivity index is 1.58. The number of nitrogens with zero attached hydrogens (tertiary/aromatic N) is 2. The van der Waals surface area contributed by atoms with E-state index in [0.29, 0.717) is 5.69 Å². The van der Waals surface area contributed by atoms with Gasteiger partial charge in [-0.25, -0.2) is 4.79 Å². The second-order valence-electron chi connectivity index (χ2n) is 6.04. The average Bonchev–Trinajstić information content (AvgIpc) is 3.19. The summed E-state index contributed by atoms with van der Waals surface area (Å²) in [6.07, 6.45) is 3.31. The van der Waals surface area contributed by atoms with Gasteiger partial charge in [0.15, 0.2) is 0 Å². The van der Waals surface area contributed by atoms with E-state index in [0.717, 1.165) is 21.4 Å². The molecule has 0 unspecified atom stereocenters. The van der Waals surface area contributed by atoms with Crippen molar-refractivity contribution in [1.82, 2.24) is 9.55 Å². The number of anilines is 1. The molecule has 2 aromatic carbocycles. The molecule has 27 heavy (non-hydrogen) atoms. The number of para-hydroxylation sites is 2. The zero-order valence-electron chi connectivity index (χ0n) is 14.2. The van der Waals surface area contributed by atoms with Crippen LogP contribution in [0.3, 0.4) is 0 Å². The molecule has 0 saturated heterocycles. The highest BCUT2D eigenvalue weighted by Gasteiger charge is 2.17. The Morgan fingerprint density at radius 1 is 1.15 bits per heavy atom. The Labute approximate surface area is 154 Å². The third-order valence-electron chi connectivity index (χ3n) is 4.20. The normalized spacial score (nSPS) is 13.7. The van der Waals surface area contributed by atoms with Crippen LogP contribution in [0.15, 0.2) is 64.4 Å². The van der Waals surface area contributed by atoms with Crippen LogP contribution in [-0.2, 0) is 11.3 Å². The molecule has 0 radical (unpaired) electrons. The van der Waals surface area contributed by atoms with E-state index in [-0.39, 0.29) is 18.1 Å². The molecular formula is C20H16N4O3. The minimum atomic E-state index is -0.564. The minimum absolute atomic E-state index is 0.227. The third kappa shape index (κ3) is 3.30. The first kappa shape index (κ1) is 16.6. The second-order valence-corrected chi connectivity index (χ2v) is 6.04. The van der Waals surface area contributed by atoms with E-state index < -0.39 is 11.6 Å². The van der Waals surface area contributed by atoms with Crippen LogP contribution in [0.2, 0.25) is 0 Å². The van der Waals surface area contributed by atoms with E-state index in [1.807, 2.05) is 30.3 Å². The summed E-state index contributed by atoms with van der Waals surface area (Å²) in [5, 5.41) is 13.1. The molecular weight excluding hydrogens is 344 g/mol. The number of hydrogen-bond donors (Lipinski definition) is 3. The Bertz CT molecular complexity index is 1120. The first-order chi connectivity index (χ1) is 13.1. The van der Waals surface area contributed by atoms with Crippen LogP contribution < -0.4 is 11.0 Å². The number of hydrogen-bond acceptors (Lipinski definition) is 4. The van der Waals surface area contributed by atoms with Gasteiger partial charge in [-0.3, -0.25) is 14.4 Å². The number of carbonyl (C=O) groups is 1. The molecule has 1 aliphatic rings. The van der Waals surface area contributed by atoms with E-state index in [4.69, 9.17) is 0 Å². The van der Waals surface area contributed by atoms with Crippen LogP contribution in [0, 0.1) is 0 Å². The highest BCUT2D eigenvalue weighted by atomic mass is 16.3. The fraction of sp³-hybridized carbons (Fsp3) is 0.0500. The van der Waals surface area contributed by atoms with Gasteiger partial charge in [0.2, 0.25) is 11.8 Å². The van der Waals surface area contributed by atoms with Gasteiger partial charge in [0, 0.05) is 23.0 Å². The number of carbonyl (C=O) groups excluding carboxylic acids is 1. The number of amides is 1. The standard InChI is InChI=1S/C20H16N4O3/c25-18(22-14-6-2-1-3-7-14)12-24-19(26)17(23-20(24)27)10-13-11-21-16-9-5-4-8-15(13)16/h1-11,26H,12H2,(H,22,25)(H,23,27)/b13-10+. The summed E-state index contributed by atoms with van der Waals surface area (Å²) in [6.45, 7) is -0.302. The minimum Gasteiger partial charge on any atom is -0.493 e. The molecule has 4 rings (SSSR count). The van der Waals surface area contributed by atoms with E-state index in [1.54, 1.807) is 36.6 Å². The topological polar surface area (TPSA) is 99.5 Å². The molecule has 1 aromatic heterocycles. The molecule has 3 N–H and O–H groups in total. The summed E-state index contributed by atoms with van der Waals surface area (Å²) < 4.78 is 0.989. The highest BCUT2D eigenvalue weighted by molar-refractivity contribution is 6.21. The Kier molecular flexibility index (Phi) is 4.18. The van der Waals surface area contributed by atoms with Gasteiger partial charge in [0.25, 0.3) is 0 Å². The van der Waals surface area contributed by atoms with Crippen molar-refractivity contribution in [1.29, 1.82) is 0 Å². The maximum Gasteiger partial charge on any atom is 0.329 e. The van der Waals surface area contributed by atoms with E-state index in [9.17, 15) is 14.7 Å². The van der Waals surface area contributed by atoms with Crippen molar-refractivity contribution >= 4 is 35.1 Å². The van der Waals surface area contributed by atoms with Crippen LogP contribution in [0.25, 0.3) is 11.6 Å². The van der Waals surface area contributed by atoms with Crippen molar-refractivity contribution in [3.8, 4) is 5.88 Å². The van der Waals surface area contributed by atoms with E-state index in [2.05, 4.69) is 15.3 Å². The number of allylic oxidation sites excluding steroid dienone is 1. The van der Waals surface area contributed by atoms with Crippen LogP contribution in [0.1, 0.15) is 11.3 Å². The summed E-state index contributed by atoms with van der Waals surface area (Å²) in [6, 6.07) is 16.5. The quantitative estimate of drug-likeness (QED) is 0.667. The fourth-order valence-electron chi connectivity index (χ4n) is 2.90. The summed E-state index contributed by atoms with van der Waals surface area (Å²) in [5.41, 5.74) is 2.78. The van der Waals surface area contributed by atoms with Gasteiger partial charge in [0.05, 0.1) is 5.69 Å². The van der Waals surface area contributed by atoms with Crippen molar-refractivity contribution in [2.45, 2.75) is 6.54 Å². The molecule has 7 heteroatoms. The molecule has 1 aliphatic heterocycles. The van der Waals surface area contributed by atoms with Gasteiger partial charge in [-0.05, 0) is 24.3 Å². The third-order valence-corrected chi connectivity index (χ3v) is 4.20. The molecule has 0 spiro atoms. The summed E-state index contributed by atoms with van der Waals surface area (Å²) in [7, 11) is 0. The number of aromatic hydroxyl groups is 1. The molecule has 0 bridgehead atoms.